The van der Waals surface area contributed by atoms with Crippen LogP contribution in [0.15, 0.2) is 54.7 Å². The van der Waals surface area contributed by atoms with E-state index in [1.807, 2.05) is 48.7 Å². The molecule has 2 saturated heterocycles. The number of carbonyl (C=O) groups excluding carboxylic acids is 4. The van der Waals surface area contributed by atoms with Gasteiger partial charge in [0.15, 0.2) is 0 Å². The summed E-state index contributed by atoms with van der Waals surface area (Å²) < 4.78 is 13.5. The summed E-state index contributed by atoms with van der Waals surface area (Å²) in [5, 5.41) is 0.822. The molecule has 5 amide bonds. The third-order valence-electron chi connectivity index (χ3n) is 8.61. The number of anilines is 1. The monoisotopic (exact) mass is 647 g/mol. The molecule has 0 unspecified atom stereocenters. The van der Waals surface area contributed by atoms with Gasteiger partial charge in [-0.2, -0.15) is 0 Å². The van der Waals surface area contributed by atoms with Gasteiger partial charge in [-0.3, -0.25) is 14.5 Å². The second kappa shape index (κ2) is 14.1. The summed E-state index contributed by atoms with van der Waals surface area (Å²) >= 11 is 0. The quantitative estimate of drug-likeness (QED) is 0.204. The summed E-state index contributed by atoms with van der Waals surface area (Å²) in [5.41, 5.74) is 2.82. The Morgan fingerprint density at radius 3 is 2.37 bits per heavy atom. The smallest absolute Gasteiger partial charge is 0.410 e. The van der Waals surface area contributed by atoms with Crippen LogP contribution < -0.4 is 4.90 Å². The van der Waals surface area contributed by atoms with Crippen LogP contribution in [0.5, 0.6) is 0 Å². The van der Waals surface area contributed by atoms with Crippen molar-refractivity contribution in [1.82, 2.24) is 19.3 Å². The zero-order valence-corrected chi connectivity index (χ0v) is 28.5. The Bertz CT molecular complexity index is 1580. The number of amides is 5. The van der Waals surface area contributed by atoms with Crippen molar-refractivity contribution >= 4 is 48.6 Å². The molecule has 5 rings (SSSR count). The highest BCUT2D eigenvalue weighted by Crippen LogP contribution is 2.36. The SMILES string of the molecule is CN(C)C(=O)c1cc(N2CCC(=O)N(COCC[Si](C)(C)C)C2=O)c2ccn(C3CCN(C(=O)OCc4ccccc4)CC3)c2c1. The van der Waals surface area contributed by atoms with Gasteiger partial charge < -0.3 is 23.8 Å². The van der Waals surface area contributed by atoms with E-state index >= 15 is 0 Å². The molecule has 1 aromatic heterocycles. The van der Waals surface area contributed by atoms with E-state index in [1.54, 1.807) is 30.0 Å². The average Bonchev–Trinajstić information content (AvgIpc) is 3.47. The summed E-state index contributed by atoms with van der Waals surface area (Å²) in [6.07, 6.45) is 3.25. The number of likely N-dealkylation sites (tertiary alicyclic amines) is 1. The molecule has 0 bridgehead atoms. The normalized spacial score (nSPS) is 16.3. The maximum atomic E-state index is 13.7. The molecule has 2 fully saturated rings. The lowest BCUT2D eigenvalue weighted by Crippen LogP contribution is -2.53. The van der Waals surface area contributed by atoms with Crippen molar-refractivity contribution < 1.29 is 28.7 Å². The van der Waals surface area contributed by atoms with Gasteiger partial charge in [0.1, 0.15) is 13.3 Å². The third kappa shape index (κ3) is 7.61. The van der Waals surface area contributed by atoms with Crippen LogP contribution in [-0.2, 0) is 20.9 Å². The number of benzene rings is 2. The first kappa shape index (κ1) is 33.2. The van der Waals surface area contributed by atoms with Crippen LogP contribution in [0.4, 0.5) is 15.3 Å². The van der Waals surface area contributed by atoms with E-state index in [2.05, 4.69) is 24.2 Å². The lowest BCUT2D eigenvalue weighted by molar-refractivity contribution is -0.133. The summed E-state index contributed by atoms with van der Waals surface area (Å²) in [5.74, 6) is -0.448. The lowest BCUT2D eigenvalue weighted by atomic mass is 10.0. The summed E-state index contributed by atoms with van der Waals surface area (Å²) in [6.45, 7) is 8.68. The molecule has 0 aliphatic carbocycles. The fraction of sp³-hybridized carbons (Fsp3) is 0.471. The minimum absolute atomic E-state index is 0.0862. The molecule has 3 heterocycles. The maximum Gasteiger partial charge on any atom is 0.410 e. The second-order valence-corrected chi connectivity index (χ2v) is 19.1. The van der Waals surface area contributed by atoms with E-state index in [9.17, 15) is 19.2 Å². The Balaban J connectivity index is 1.35. The number of ether oxygens (including phenoxy) is 2. The van der Waals surface area contributed by atoms with Crippen LogP contribution in [0.3, 0.4) is 0 Å². The van der Waals surface area contributed by atoms with Crippen LogP contribution in [0.25, 0.3) is 10.9 Å². The molecule has 0 saturated carbocycles. The number of hydrogen-bond donors (Lipinski definition) is 0. The van der Waals surface area contributed by atoms with Crippen LogP contribution in [0.2, 0.25) is 25.7 Å². The van der Waals surface area contributed by atoms with Crippen LogP contribution >= 0.6 is 0 Å². The van der Waals surface area contributed by atoms with Crippen molar-refractivity contribution in [2.75, 3.05) is 52.0 Å². The Morgan fingerprint density at radius 2 is 1.70 bits per heavy atom. The number of piperidine rings is 1. The van der Waals surface area contributed by atoms with Crippen molar-refractivity contribution in [2.45, 2.75) is 57.6 Å². The van der Waals surface area contributed by atoms with E-state index < -0.39 is 14.1 Å². The van der Waals surface area contributed by atoms with Gasteiger partial charge in [-0.1, -0.05) is 50.0 Å². The van der Waals surface area contributed by atoms with Crippen molar-refractivity contribution in [1.29, 1.82) is 0 Å². The molecule has 2 aliphatic rings. The molecule has 0 N–H and O–H groups in total. The molecule has 2 aliphatic heterocycles. The average molecular weight is 648 g/mol. The predicted octanol–water partition coefficient (Wildman–Crippen LogP) is 5.79. The van der Waals surface area contributed by atoms with E-state index in [4.69, 9.17) is 9.47 Å². The van der Waals surface area contributed by atoms with Gasteiger partial charge in [-0.05, 0) is 42.6 Å². The van der Waals surface area contributed by atoms with Gasteiger partial charge in [0, 0.05) is 78.0 Å². The highest BCUT2D eigenvalue weighted by molar-refractivity contribution is 6.76. The number of nitrogens with zero attached hydrogens (tertiary/aromatic N) is 5. The topological polar surface area (TPSA) is 105 Å². The van der Waals surface area contributed by atoms with Crippen molar-refractivity contribution in [3.63, 3.8) is 0 Å². The fourth-order valence-corrected chi connectivity index (χ4v) is 6.64. The zero-order chi connectivity index (χ0) is 33.0. The minimum atomic E-state index is -1.33. The molecule has 46 heavy (non-hydrogen) atoms. The Morgan fingerprint density at radius 1 is 0.978 bits per heavy atom. The predicted molar refractivity (Wildman–Crippen MR) is 180 cm³/mol. The number of rotatable bonds is 10. The Hall–Kier alpha value is -4.16. The summed E-state index contributed by atoms with van der Waals surface area (Å²) in [6, 6.07) is 15.8. The Labute approximate surface area is 271 Å². The number of carbonyl (C=O) groups is 4. The maximum absolute atomic E-state index is 13.7. The first-order chi connectivity index (χ1) is 21.9. The van der Waals surface area contributed by atoms with Crippen molar-refractivity contribution in [3.05, 3.63) is 65.9 Å². The number of urea groups is 1. The highest BCUT2D eigenvalue weighted by Gasteiger charge is 2.35. The van der Waals surface area contributed by atoms with Gasteiger partial charge in [0.25, 0.3) is 5.91 Å². The van der Waals surface area contributed by atoms with Crippen LogP contribution in [-0.4, -0.2) is 98.3 Å². The largest absolute Gasteiger partial charge is 0.445 e. The number of fused-ring (bicyclic) bond motifs is 1. The van der Waals surface area contributed by atoms with Gasteiger partial charge in [0.05, 0.1) is 11.2 Å². The second-order valence-electron chi connectivity index (χ2n) is 13.5. The third-order valence-corrected chi connectivity index (χ3v) is 10.3. The molecule has 12 heteroatoms. The molecule has 0 atom stereocenters. The van der Waals surface area contributed by atoms with Crippen molar-refractivity contribution in [3.8, 4) is 0 Å². The number of aromatic nitrogens is 1. The molecule has 0 radical (unpaired) electrons. The Kier molecular flexibility index (Phi) is 10.2. The van der Waals surface area contributed by atoms with Crippen molar-refractivity contribution in [2.24, 2.45) is 0 Å². The fourth-order valence-electron chi connectivity index (χ4n) is 5.88. The van der Waals surface area contributed by atoms with E-state index in [1.165, 1.54) is 9.80 Å². The minimum Gasteiger partial charge on any atom is -0.445 e. The van der Waals surface area contributed by atoms with Gasteiger partial charge in [-0.15, -0.1) is 0 Å². The molecular formula is C34H45N5O6Si. The van der Waals surface area contributed by atoms with Crippen LogP contribution in [0.1, 0.15) is 41.2 Å². The molecule has 0 spiro atoms. The molecule has 246 valence electrons. The summed E-state index contributed by atoms with van der Waals surface area (Å²) in [4.78, 5) is 58.6. The van der Waals surface area contributed by atoms with Gasteiger partial charge >= 0.3 is 12.1 Å². The number of hydrogen-bond acceptors (Lipinski definition) is 6. The van der Waals surface area contributed by atoms with E-state index in [-0.39, 0.29) is 50.3 Å². The standard InChI is InChI=1S/C34H45N5O6Si/c1-35(2)32(41)26-21-29-28(30(22-26)38-18-14-31(40)39(33(38)42)24-44-19-20-46(3,4)5)13-17-37(29)27-11-15-36(16-12-27)34(43)45-23-25-9-7-6-8-10-25/h6-10,13,17,21-22,27H,11-12,14-16,18-20,23-24H2,1-5H3. The summed E-state index contributed by atoms with van der Waals surface area (Å²) in [7, 11) is 2.07. The van der Waals surface area contributed by atoms with E-state index in [0.717, 1.165) is 22.5 Å². The van der Waals surface area contributed by atoms with Gasteiger partial charge in [-0.25, -0.2) is 14.5 Å². The highest BCUT2D eigenvalue weighted by atomic mass is 28.3. The van der Waals surface area contributed by atoms with E-state index in [0.29, 0.717) is 43.8 Å². The molecule has 3 aromatic rings. The first-order valence-corrected chi connectivity index (χ1v) is 19.6. The molecule has 2 aromatic carbocycles. The van der Waals surface area contributed by atoms with Gasteiger partial charge in [0.2, 0.25) is 5.91 Å². The first-order valence-electron chi connectivity index (χ1n) is 15.9. The van der Waals surface area contributed by atoms with Crippen LogP contribution in [0, 0.1) is 0 Å². The molecular weight excluding hydrogens is 602 g/mol. The zero-order valence-electron chi connectivity index (χ0n) is 27.5. The lowest BCUT2D eigenvalue weighted by Gasteiger charge is -2.35. The molecule has 11 nitrogen and oxygen atoms in total. The number of imide groups is 1.